The van der Waals surface area contributed by atoms with Gasteiger partial charge in [-0.2, -0.15) is 40.5 Å². The van der Waals surface area contributed by atoms with Gasteiger partial charge in [-0.1, -0.05) is 39.8 Å². The number of phenols is 1. The van der Waals surface area contributed by atoms with Crippen molar-refractivity contribution < 1.29 is 33.8 Å². The van der Waals surface area contributed by atoms with Crippen LogP contribution in [0.4, 0.5) is 0 Å². The number of ether oxygens (including phenoxy) is 2. The molecule has 4 aromatic rings. The van der Waals surface area contributed by atoms with E-state index in [0.717, 1.165) is 44.4 Å². The van der Waals surface area contributed by atoms with E-state index in [2.05, 4.69) is 53.2 Å². The highest BCUT2D eigenvalue weighted by Crippen LogP contribution is 2.41. The molecule has 17 heteroatoms. The molecule has 0 radical (unpaired) electrons. The molecule has 5 N–H and O–H groups in total. The number of hydrogen-bond donors (Lipinski definition) is 4. The summed E-state index contributed by atoms with van der Waals surface area (Å²) in [5.74, 6) is -1.83. The summed E-state index contributed by atoms with van der Waals surface area (Å²) in [5, 5.41) is 16.6. The number of aromatic hydroxyl groups is 1. The number of nitrogens with one attached hydrogen (secondary N) is 2. The zero-order valence-corrected chi connectivity index (χ0v) is 41.3. The average molecular weight is 940 g/mol. The number of carbonyl (C=O) groups is 4. The summed E-state index contributed by atoms with van der Waals surface area (Å²) in [6.45, 7) is 12.0. The van der Waals surface area contributed by atoms with E-state index in [1.165, 1.54) is 9.91 Å². The number of unbranched alkanes of at least 4 members (excludes halogenated alkanes) is 1. The Morgan fingerprint density at radius 2 is 1.84 bits per heavy atom. The third-order valence-electron chi connectivity index (χ3n) is 11.9. The largest absolute Gasteiger partial charge is 0.508 e. The summed E-state index contributed by atoms with van der Waals surface area (Å²) < 4.78 is 14.0. The van der Waals surface area contributed by atoms with Crippen molar-refractivity contribution in [2.45, 2.75) is 111 Å². The van der Waals surface area contributed by atoms with Crippen molar-refractivity contribution in [1.82, 2.24) is 30.2 Å². The summed E-state index contributed by atoms with van der Waals surface area (Å²) >= 11 is 0. The maximum atomic E-state index is 14.6. The van der Waals surface area contributed by atoms with E-state index in [1.54, 1.807) is 32.5 Å². The van der Waals surface area contributed by atoms with Gasteiger partial charge >= 0.3 is 5.97 Å². The molecule has 2 aliphatic rings. The third kappa shape index (κ3) is 12.3. The molecule has 6 rings (SSSR count). The van der Waals surface area contributed by atoms with E-state index in [4.69, 9.17) is 15.2 Å². The number of carbonyl (C=O) groups excluding carboxylic acids is 4. The van der Waals surface area contributed by atoms with Crippen molar-refractivity contribution in [3.8, 4) is 28.1 Å². The Morgan fingerprint density at radius 1 is 1.09 bits per heavy atom. The summed E-state index contributed by atoms with van der Waals surface area (Å²) in [4.78, 5) is 61.8. The maximum absolute atomic E-state index is 14.6. The number of rotatable bonds is 12. The van der Waals surface area contributed by atoms with Crippen LogP contribution in [0.2, 0.25) is 0 Å². The third-order valence-corrected chi connectivity index (χ3v) is 11.9. The van der Waals surface area contributed by atoms with Gasteiger partial charge in [0.15, 0.2) is 0 Å². The van der Waals surface area contributed by atoms with Crippen molar-refractivity contribution in [3.05, 3.63) is 71.5 Å². The summed E-state index contributed by atoms with van der Waals surface area (Å²) in [7, 11) is 3.29. The zero-order valence-electron chi connectivity index (χ0n) is 38.3. The van der Waals surface area contributed by atoms with Crippen molar-refractivity contribution in [1.29, 1.82) is 0 Å². The van der Waals surface area contributed by atoms with Crippen LogP contribution in [0.25, 0.3) is 33.3 Å². The van der Waals surface area contributed by atoms with Crippen LogP contribution < -0.4 is 16.5 Å². The number of aromatic nitrogens is 2. The van der Waals surface area contributed by atoms with Crippen LogP contribution in [0.15, 0.2) is 54.9 Å². The number of hydrogen-bond acceptors (Lipinski definition) is 10. The van der Waals surface area contributed by atoms with Crippen molar-refractivity contribution >= 4 is 75.1 Å². The first-order valence-electron chi connectivity index (χ1n) is 21.6. The fourth-order valence-corrected chi connectivity index (χ4v) is 8.87. The monoisotopic (exact) mass is 939 g/mol. The predicted molar refractivity (Wildman–Crippen MR) is 266 cm³/mol. The second kappa shape index (κ2) is 23.8. The van der Waals surface area contributed by atoms with Gasteiger partial charge in [-0.25, -0.2) is 5.43 Å². The number of methoxy groups -OCH3 is 1. The van der Waals surface area contributed by atoms with E-state index >= 15 is 0 Å². The molecule has 4 heterocycles. The number of nitrogens with zero attached hydrogens (tertiary/aromatic N) is 4. The Hall–Kier alpha value is -4.26. The van der Waals surface area contributed by atoms with Gasteiger partial charge in [-0.05, 0) is 110 Å². The number of likely N-dealkylation sites (N-methyl/N-ethyl adjacent to an activating group) is 1. The van der Waals surface area contributed by atoms with E-state index in [0.29, 0.717) is 63.9 Å². The van der Waals surface area contributed by atoms with Gasteiger partial charge in [0.2, 0.25) is 11.8 Å². The molecule has 6 bridgehead atoms. The van der Waals surface area contributed by atoms with Crippen LogP contribution in [0, 0.1) is 11.3 Å². The van der Waals surface area contributed by atoms with Gasteiger partial charge in [0.05, 0.1) is 18.9 Å². The highest BCUT2D eigenvalue weighted by Gasteiger charge is 2.37. The number of pyridine rings is 1. The molecule has 0 aliphatic carbocycles. The molecule has 64 heavy (non-hydrogen) atoms. The lowest BCUT2D eigenvalue weighted by Gasteiger charge is -2.36. The van der Waals surface area contributed by atoms with Crippen LogP contribution in [0.3, 0.4) is 0 Å². The lowest BCUT2D eigenvalue weighted by Crippen LogP contribution is -2.62. The molecule has 3 amide bonds. The van der Waals surface area contributed by atoms with Gasteiger partial charge in [0, 0.05) is 74.4 Å². The lowest BCUT2D eigenvalue weighted by atomic mass is 9.84. The molecule has 1 fully saturated rings. The van der Waals surface area contributed by atoms with Gasteiger partial charge < -0.3 is 35.1 Å². The second-order valence-corrected chi connectivity index (χ2v) is 17.6. The number of benzene rings is 2. The number of hydrazine groups is 1. The average Bonchev–Trinajstić information content (AvgIpc) is 3.53. The van der Waals surface area contributed by atoms with Crippen LogP contribution in [0.1, 0.15) is 83.4 Å². The minimum atomic E-state index is -1.11. The quantitative estimate of drug-likeness (QED) is 0.0996. The molecular weight excluding hydrogens is 871 g/mol. The molecule has 0 spiro atoms. The van der Waals surface area contributed by atoms with E-state index in [-0.39, 0.29) is 77.5 Å². The number of phenolic OH excluding ortho intramolecular Hbond substituents is 1. The highest BCUT2D eigenvalue weighted by molar-refractivity contribution is 7.59. The maximum Gasteiger partial charge on any atom is 0.324 e. The number of fused-ring (bicyclic) bond motifs is 6. The molecule has 3 atom stereocenters. The van der Waals surface area contributed by atoms with Gasteiger partial charge in [-0.15, -0.1) is 0 Å². The summed E-state index contributed by atoms with van der Waals surface area (Å²) in [5.41, 5.74) is 15.5. The first-order chi connectivity index (χ1) is 29.2. The fraction of sp³-hybridized carbons (Fsp3) is 0.511. The van der Waals surface area contributed by atoms with E-state index in [9.17, 15) is 24.3 Å². The normalized spacial score (nSPS) is 17.9. The minimum Gasteiger partial charge on any atom is -0.508 e. The van der Waals surface area contributed by atoms with Crippen molar-refractivity contribution in [3.63, 3.8) is 0 Å². The second-order valence-electron chi connectivity index (χ2n) is 17.6. The predicted octanol–water partition coefficient (Wildman–Crippen LogP) is 5.84. The number of esters is 1. The molecule has 0 saturated carbocycles. The summed E-state index contributed by atoms with van der Waals surface area (Å²) in [6.07, 6.45) is 6.78. The highest BCUT2D eigenvalue weighted by atomic mass is 32.1. The van der Waals surface area contributed by atoms with E-state index < -0.39 is 41.3 Å². The van der Waals surface area contributed by atoms with E-state index in [1.807, 2.05) is 38.2 Å². The summed E-state index contributed by atoms with van der Waals surface area (Å²) in [6, 6.07) is 10.7. The first-order valence-corrected chi connectivity index (χ1v) is 21.6. The Bertz CT molecular complexity index is 2250. The number of cyclic esters (lactones) is 1. The Balaban J connectivity index is 0.00000363. The smallest absolute Gasteiger partial charge is 0.324 e. The molecule has 2 aromatic heterocycles. The molecule has 0 unspecified atom stereocenters. The minimum absolute atomic E-state index is 0. The molecule has 2 aromatic carbocycles. The van der Waals surface area contributed by atoms with Gasteiger partial charge in [0.25, 0.3) is 5.91 Å². The molecular formula is C47H69N7O7S3. The first kappa shape index (κ1) is 54.1. The Kier molecular flexibility index (Phi) is 20.1. The van der Waals surface area contributed by atoms with Crippen LogP contribution in [-0.2, 0) is 54.6 Å². The van der Waals surface area contributed by atoms with Crippen LogP contribution in [-0.4, -0.2) is 100 Å². The number of amides is 3. The Morgan fingerprint density at radius 3 is 2.53 bits per heavy atom. The SMILES string of the molecule is CCn1c(-c2cnccc2COC)c2c3cc(ccc31)-c1cc(O)cc(c1)C[C@H](NC(=O)[C@H](C(C)C)N(C)C(=O)CCCCN)C(=O)N1CCC[C@H](N1)C(=O)OCC(C)(C)C2.S.S.S. The van der Waals surface area contributed by atoms with Crippen molar-refractivity contribution in [2.24, 2.45) is 17.1 Å². The molecule has 352 valence electrons. The number of nitrogens with two attached hydrogens (primary N) is 1. The van der Waals surface area contributed by atoms with Gasteiger partial charge in [-0.3, -0.25) is 29.2 Å². The van der Waals surface area contributed by atoms with Gasteiger partial charge in [0.1, 0.15) is 23.9 Å². The van der Waals surface area contributed by atoms with Crippen LogP contribution >= 0.6 is 40.5 Å². The number of aryl methyl sites for hydroxylation is 1. The zero-order chi connectivity index (χ0) is 44.0. The lowest BCUT2D eigenvalue weighted by molar-refractivity contribution is -0.155. The Labute approximate surface area is 398 Å². The molecule has 2 aliphatic heterocycles. The molecule has 1 saturated heterocycles. The topological polar surface area (TPSA) is 181 Å². The standard InChI is InChI=1S/C47H63N7O7.3H2S/c1-8-53-40-15-14-31-24-35(40)36(43(53)37-26-49-18-16-32(37)27-60-7)25-47(4,5)28-61-46(59)38-12-11-19-54(51-38)45(58)39(22-30-20-33(31)23-34(55)21-30)50-44(57)42(29(2)3)52(6)41(56)13-9-10-17-48;;;/h14-16,18,20-21,23-24,26,29,38-39,42,51,55H,8-13,17,19,22,25,27-28,48H2,1-7H3,(H,50,57);3*1H2/t38-,39-,42-;;;/m0.../s1. The molecule has 14 nitrogen and oxygen atoms in total. The van der Waals surface area contributed by atoms with Crippen LogP contribution in [0.5, 0.6) is 5.75 Å². The fourth-order valence-electron chi connectivity index (χ4n) is 8.87. The van der Waals surface area contributed by atoms with Crippen molar-refractivity contribution in [2.75, 3.05) is 33.9 Å².